The molecule has 1 aliphatic heterocycles. The molecule has 3 aromatic carbocycles. The molecule has 0 unspecified atom stereocenters. The van der Waals surface area contributed by atoms with Gasteiger partial charge in [0, 0.05) is 58.8 Å². The molecule has 6 rings (SSSR count). The molecule has 1 saturated heterocycles. The summed E-state index contributed by atoms with van der Waals surface area (Å²) >= 11 is 12.7. The third-order valence-corrected chi connectivity index (χ3v) is 9.62. The highest BCUT2D eigenvalue weighted by atomic mass is 35.5. The third kappa shape index (κ3) is 6.78. The number of halogens is 2. The Labute approximate surface area is 269 Å². The van der Waals surface area contributed by atoms with E-state index < -0.39 is 5.54 Å². The number of carbonyl (C=O) groups is 2. The van der Waals surface area contributed by atoms with Crippen molar-refractivity contribution in [3.8, 4) is 0 Å². The molecule has 2 aliphatic rings. The van der Waals surface area contributed by atoms with Crippen molar-refractivity contribution in [1.82, 2.24) is 20.5 Å². The van der Waals surface area contributed by atoms with E-state index in [2.05, 4.69) is 21.7 Å². The van der Waals surface area contributed by atoms with E-state index in [0.717, 1.165) is 47.7 Å². The van der Waals surface area contributed by atoms with E-state index >= 15 is 0 Å². The van der Waals surface area contributed by atoms with Gasteiger partial charge in [-0.3, -0.25) is 14.6 Å². The summed E-state index contributed by atoms with van der Waals surface area (Å²) in [6.07, 6.45) is 8.74. The monoisotopic (exact) mass is 628 g/mol. The van der Waals surface area contributed by atoms with Gasteiger partial charge in [0.25, 0.3) is 5.91 Å². The highest BCUT2D eigenvalue weighted by Crippen LogP contribution is 2.36. The molecule has 1 aromatic heterocycles. The van der Waals surface area contributed by atoms with Crippen LogP contribution in [-0.2, 0) is 17.8 Å². The molecular weight excluding hydrogens is 591 g/mol. The van der Waals surface area contributed by atoms with Crippen LogP contribution in [0.15, 0.2) is 85.1 Å². The number of carbonyl (C=O) groups excluding carboxylic acids is 2. The fourth-order valence-corrected chi connectivity index (χ4v) is 7.48. The number of hydrogen-bond acceptors (Lipinski definition) is 4. The van der Waals surface area contributed by atoms with Crippen molar-refractivity contribution in [3.63, 3.8) is 0 Å². The highest BCUT2D eigenvalue weighted by molar-refractivity contribution is 6.35. The zero-order valence-electron chi connectivity index (χ0n) is 24.8. The summed E-state index contributed by atoms with van der Waals surface area (Å²) in [5.74, 6) is -0.321. The van der Waals surface area contributed by atoms with Crippen LogP contribution in [-0.4, -0.2) is 45.9 Å². The lowest BCUT2D eigenvalue weighted by Crippen LogP contribution is -2.68. The zero-order chi connectivity index (χ0) is 30.5. The Morgan fingerprint density at radius 3 is 2.36 bits per heavy atom. The summed E-state index contributed by atoms with van der Waals surface area (Å²) in [7, 11) is 0. The molecular formula is C36H38Cl2N4O2. The van der Waals surface area contributed by atoms with Gasteiger partial charge in [-0.2, -0.15) is 0 Å². The Balaban J connectivity index is 1.36. The van der Waals surface area contributed by atoms with Crippen LogP contribution in [0.4, 0.5) is 0 Å². The first kappa shape index (κ1) is 30.6. The van der Waals surface area contributed by atoms with Crippen LogP contribution in [0.1, 0.15) is 66.4 Å². The number of nitrogens with one attached hydrogen (secondary N) is 2. The van der Waals surface area contributed by atoms with Crippen LogP contribution in [0.5, 0.6) is 0 Å². The van der Waals surface area contributed by atoms with Crippen LogP contribution in [0, 0.1) is 0 Å². The van der Waals surface area contributed by atoms with Gasteiger partial charge in [-0.15, -0.1) is 0 Å². The van der Waals surface area contributed by atoms with E-state index in [1.54, 1.807) is 23.1 Å². The van der Waals surface area contributed by atoms with Crippen LogP contribution in [0.2, 0.25) is 10.0 Å². The second kappa shape index (κ2) is 13.7. The molecule has 44 heavy (non-hydrogen) atoms. The lowest BCUT2D eigenvalue weighted by Gasteiger charge is -2.49. The maximum absolute atomic E-state index is 14.7. The smallest absolute Gasteiger partial charge is 0.254 e. The molecule has 0 spiro atoms. The average Bonchev–Trinajstić information content (AvgIpc) is 3.04. The SMILES string of the molecule is O=C(c1cc(Cl)cc(Cl)c1)N1CC[C@H](NCc2ccnc3ccccc23)C[C@]1(Cc1ccccc1)C(=O)NC1CCCCC1. The molecule has 1 saturated carbocycles. The number of nitrogens with zero attached hydrogens (tertiary/aromatic N) is 2. The van der Waals surface area contributed by atoms with Gasteiger partial charge < -0.3 is 15.5 Å². The summed E-state index contributed by atoms with van der Waals surface area (Å²) in [5, 5.41) is 9.06. The highest BCUT2D eigenvalue weighted by Gasteiger charge is 2.51. The van der Waals surface area contributed by atoms with E-state index in [9.17, 15) is 9.59 Å². The van der Waals surface area contributed by atoms with Crippen LogP contribution >= 0.6 is 23.2 Å². The van der Waals surface area contributed by atoms with Gasteiger partial charge in [0.2, 0.25) is 5.91 Å². The maximum atomic E-state index is 14.7. The summed E-state index contributed by atoms with van der Waals surface area (Å²) in [5.41, 5.74) is 2.40. The lowest BCUT2D eigenvalue weighted by molar-refractivity contribution is -0.136. The second-order valence-electron chi connectivity index (χ2n) is 12.2. The average molecular weight is 630 g/mol. The first-order valence-electron chi connectivity index (χ1n) is 15.6. The normalized spacial score (nSPS) is 20.9. The van der Waals surface area contributed by atoms with Gasteiger partial charge in [-0.1, -0.05) is 91.0 Å². The Kier molecular flexibility index (Phi) is 9.50. The first-order chi connectivity index (χ1) is 21.4. The van der Waals surface area contributed by atoms with Crippen molar-refractivity contribution in [2.45, 2.75) is 75.5 Å². The van der Waals surface area contributed by atoms with E-state index in [1.807, 2.05) is 60.8 Å². The number of para-hydroxylation sites is 1. The number of aromatic nitrogens is 1. The molecule has 2 heterocycles. The third-order valence-electron chi connectivity index (χ3n) is 9.18. The number of amides is 2. The second-order valence-corrected chi connectivity index (χ2v) is 13.0. The number of likely N-dealkylation sites (tertiary alicyclic amines) is 1. The number of rotatable bonds is 8. The van der Waals surface area contributed by atoms with Gasteiger partial charge in [0.15, 0.2) is 0 Å². The van der Waals surface area contributed by atoms with Gasteiger partial charge in [0.1, 0.15) is 5.54 Å². The Bertz CT molecular complexity index is 1600. The fourth-order valence-electron chi connectivity index (χ4n) is 6.95. The van der Waals surface area contributed by atoms with Crippen molar-refractivity contribution < 1.29 is 9.59 Å². The number of piperidine rings is 1. The maximum Gasteiger partial charge on any atom is 0.254 e. The summed E-state index contributed by atoms with van der Waals surface area (Å²) < 4.78 is 0. The van der Waals surface area contributed by atoms with Gasteiger partial charge in [-0.05, 0) is 67.1 Å². The predicted molar refractivity (Wildman–Crippen MR) is 177 cm³/mol. The Morgan fingerprint density at radius 2 is 1.59 bits per heavy atom. The molecule has 4 aromatic rings. The van der Waals surface area contributed by atoms with E-state index in [0.29, 0.717) is 48.0 Å². The molecule has 2 N–H and O–H groups in total. The molecule has 228 valence electrons. The van der Waals surface area contributed by atoms with Crippen LogP contribution in [0.25, 0.3) is 10.9 Å². The molecule has 0 bridgehead atoms. The number of benzene rings is 3. The minimum absolute atomic E-state index is 0.00902. The van der Waals surface area contributed by atoms with E-state index in [-0.39, 0.29) is 23.9 Å². The minimum atomic E-state index is -1.11. The summed E-state index contributed by atoms with van der Waals surface area (Å²) in [4.78, 5) is 35.3. The minimum Gasteiger partial charge on any atom is -0.351 e. The Morgan fingerprint density at radius 1 is 0.864 bits per heavy atom. The molecule has 6 nitrogen and oxygen atoms in total. The number of hydrogen-bond donors (Lipinski definition) is 2. The van der Waals surface area contributed by atoms with E-state index in [4.69, 9.17) is 23.2 Å². The topological polar surface area (TPSA) is 74.3 Å². The molecule has 8 heteroatoms. The van der Waals surface area contributed by atoms with Gasteiger partial charge in [-0.25, -0.2) is 0 Å². The van der Waals surface area contributed by atoms with Crippen LogP contribution < -0.4 is 10.6 Å². The van der Waals surface area contributed by atoms with Gasteiger partial charge >= 0.3 is 0 Å². The fraction of sp³-hybridized carbons (Fsp3) is 0.361. The van der Waals surface area contributed by atoms with Crippen molar-refractivity contribution in [2.24, 2.45) is 0 Å². The van der Waals surface area contributed by atoms with Crippen LogP contribution in [0.3, 0.4) is 0 Å². The van der Waals surface area contributed by atoms with Gasteiger partial charge in [0.05, 0.1) is 5.52 Å². The number of fused-ring (bicyclic) bond motifs is 1. The lowest BCUT2D eigenvalue weighted by atomic mass is 9.77. The Hall–Kier alpha value is -3.45. The van der Waals surface area contributed by atoms with Crippen molar-refractivity contribution >= 4 is 45.9 Å². The molecule has 2 fully saturated rings. The predicted octanol–water partition coefficient (Wildman–Crippen LogP) is 7.37. The summed E-state index contributed by atoms with van der Waals surface area (Å²) in [6.45, 7) is 1.06. The van der Waals surface area contributed by atoms with Crippen molar-refractivity contribution in [3.05, 3.63) is 112 Å². The van der Waals surface area contributed by atoms with Crippen molar-refractivity contribution in [2.75, 3.05) is 6.54 Å². The molecule has 0 radical (unpaired) electrons. The van der Waals surface area contributed by atoms with Crippen molar-refractivity contribution in [1.29, 1.82) is 0 Å². The largest absolute Gasteiger partial charge is 0.351 e. The van der Waals surface area contributed by atoms with E-state index in [1.165, 1.54) is 6.42 Å². The number of pyridine rings is 1. The standard InChI is InChI=1S/C36H38Cl2N4O2/c37-28-19-27(20-29(38)21-28)34(43)42-18-16-31(40-24-26-15-17-39-33-14-8-7-13-32(26)33)23-36(42,22-25-9-3-1-4-10-25)35(44)41-30-11-5-2-6-12-30/h1,3-4,7-10,13-15,17,19-21,30-31,40H,2,5-6,11-12,16,18,22-24H2,(H,41,44)/t31-,36+/m0/s1. The zero-order valence-corrected chi connectivity index (χ0v) is 26.3. The molecule has 1 aliphatic carbocycles. The molecule has 2 atom stereocenters. The molecule has 2 amide bonds. The summed E-state index contributed by atoms with van der Waals surface area (Å²) in [6, 6.07) is 25.2. The first-order valence-corrected chi connectivity index (χ1v) is 16.4. The quantitative estimate of drug-likeness (QED) is 0.214.